The van der Waals surface area contributed by atoms with E-state index in [2.05, 4.69) is 51.1 Å². The molecule has 6 heteroatoms. The molecule has 0 aliphatic carbocycles. The quantitative estimate of drug-likeness (QED) is 0.636. The summed E-state index contributed by atoms with van der Waals surface area (Å²) in [6.07, 6.45) is 0. The predicted molar refractivity (Wildman–Crippen MR) is 74.1 cm³/mol. The molecule has 2 N–H and O–H groups in total. The highest BCUT2D eigenvalue weighted by Crippen LogP contribution is 2.19. The number of rotatable bonds is 5. The molecule has 0 heterocycles. The van der Waals surface area contributed by atoms with E-state index in [1.807, 2.05) is 0 Å². The largest absolute Gasteiger partial charge is 0.756 e. The van der Waals surface area contributed by atoms with Gasteiger partial charge in [-0.3, -0.25) is 4.57 Å². The maximum Gasteiger partial charge on any atom is 0.262 e. The molecule has 0 aliphatic rings. The summed E-state index contributed by atoms with van der Waals surface area (Å²) in [4.78, 5) is 22.9. The van der Waals surface area contributed by atoms with Gasteiger partial charge in [-0.15, -0.1) is 0 Å². The molecule has 5 nitrogen and oxygen atoms in total. The molecule has 0 aliphatic heterocycles. The third-order valence-corrected chi connectivity index (χ3v) is 3.37. The van der Waals surface area contributed by atoms with Crippen LogP contribution in [0.1, 0.15) is 26.3 Å². The zero-order valence-electron chi connectivity index (χ0n) is 11.8. The van der Waals surface area contributed by atoms with Gasteiger partial charge in [0.1, 0.15) is 6.54 Å². The lowest BCUT2D eigenvalue weighted by Gasteiger charge is -2.35. The highest BCUT2D eigenvalue weighted by molar-refractivity contribution is 7.43. The molecule has 110 valence electrons. The third kappa shape index (κ3) is 8.92. The van der Waals surface area contributed by atoms with Crippen molar-refractivity contribution in [2.45, 2.75) is 27.3 Å². The van der Waals surface area contributed by atoms with Crippen molar-refractivity contribution in [1.29, 1.82) is 0 Å². The van der Waals surface area contributed by atoms with Gasteiger partial charge in [0.2, 0.25) is 0 Å². The molecular formula is C13H24NO4P. The van der Waals surface area contributed by atoms with Crippen molar-refractivity contribution in [3.05, 3.63) is 35.9 Å². The Hall–Kier alpha value is -0.710. The van der Waals surface area contributed by atoms with Gasteiger partial charge in [-0.05, 0) is 20.8 Å². The molecule has 0 aromatic heterocycles. The second-order valence-electron chi connectivity index (χ2n) is 4.42. The Morgan fingerprint density at radius 1 is 1.05 bits per heavy atom. The van der Waals surface area contributed by atoms with E-state index < -0.39 is 7.82 Å². The van der Waals surface area contributed by atoms with Crippen molar-refractivity contribution in [2.24, 2.45) is 0 Å². The summed E-state index contributed by atoms with van der Waals surface area (Å²) in [5.74, 6) is 0. The fourth-order valence-electron chi connectivity index (χ4n) is 1.98. The zero-order chi connectivity index (χ0) is 14.9. The van der Waals surface area contributed by atoms with Crippen LogP contribution in [-0.2, 0) is 11.1 Å². The fourth-order valence-corrected chi connectivity index (χ4v) is 1.98. The first-order valence-corrected chi connectivity index (χ1v) is 7.95. The van der Waals surface area contributed by atoms with Crippen LogP contribution in [0.2, 0.25) is 0 Å². The summed E-state index contributed by atoms with van der Waals surface area (Å²) in [7, 11) is -4.89. The summed E-state index contributed by atoms with van der Waals surface area (Å²) in [6.45, 7) is 11.7. The maximum atomic E-state index is 8.77. The van der Waals surface area contributed by atoms with Gasteiger partial charge in [-0.2, -0.15) is 0 Å². The van der Waals surface area contributed by atoms with Crippen LogP contribution in [-0.4, -0.2) is 33.9 Å². The van der Waals surface area contributed by atoms with Crippen molar-refractivity contribution < 1.29 is 23.7 Å². The molecule has 0 bridgehead atoms. The average Bonchev–Trinajstić information content (AvgIpc) is 2.35. The molecule has 0 unspecified atom stereocenters. The number of nitrogens with zero attached hydrogens (tertiary/aromatic N) is 1. The van der Waals surface area contributed by atoms with Gasteiger partial charge in [0.25, 0.3) is 7.82 Å². The van der Waals surface area contributed by atoms with Gasteiger partial charge in [-0.1, -0.05) is 30.3 Å². The Bertz CT molecular complexity index is 370. The smallest absolute Gasteiger partial charge is 0.262 e. The SMILES string of the molecule is CC[N+](CC)(CC)Cc1ccccc1.O=P([O-])(O)O. The first-order chi connectivity index (χ1) is 8.76. The molecule has 0 saturated carbocycles. The zero-order valence-corrected chi connectivity index (χ0v) is 12.7. The minimum atomic E-state index is -4.89. The summed E-state index contributed by atoms with van der Waals surface area (Å²) < 4.78 is 9.97. The minimum Gasteiger partial charge on any atom is -0.756 e. The molecule has 19 heavy (non-hydrogen) atoms. The molecule has 0 fully saturated rings. The van der Waals surface area contributed by atoms with Crippen LogP contribution in [0.15, 0.2) is 30.3 Å². The summed E-state index contributed by atoms with van der Waals surface area (Å²) in [5.41, 5.74) is 1.46. The van der Waals surface area contributed by atoms with Crippen LogP contribution in [0.25, 0.3) is 0 Å². The fraction of sp³-hybridized carbons (Fsp3) is 0.538. The molecule has 0 radical (unpaired) electrons. The number of hydrogen-bond acceptors (Lipinski definition) is 2. The number of quaternary nitrogens is 1. The standard InChI is InChI=1S/C13H22N.H3O4P/c1-4-14(5-2,6-3)12-13-10-8-7-9-11-13;1-5(2,3)4/h7-11H,4-6,12H2,1-3H3;(H3,1,2,3,4)/q+1;/p-1. The number of phosphoric acid groups is 1. The lowest BCUT2D eigenvalue weighted by atomic mass is 10.2. The molecule has 1 rings (SSSR count). The van der Waals surface area contributed by atoms with Crippen LogP contribution in [0.4, 0.5) is 0 Å². The van der Waals surface area contributed by atoms with Crippen LogP contribution >= 0.6 is 7.82 Å². The average molecular weight is 289 g/mol. The molecule has 0 atom stereocenters. The van der Waals surface area contributed by atoms with E-state index in [-0.39, 0.29) is 0 Å². The normalized spacial score (nSPS) is 11.7. The molecule has 0 amide bonds. The van der Waals surface area contributed by atoms with Crippen molar-refractivity contribution in [3.8, 4) is 0 Å². The van der Waals surface area contributed by atoms with Gasteiger partial charge >= 0.3 is 0 Å². The van der Waals surface area contributed by atoms with Gasteiger partial charge in [0, 0.05) is 5.56 Å². The van der Waals surface area contributed by atoms with E-state index in [1.54, 1.807) is 0 Å². The van der Waals surface area contributed by atoms with E-state index in [1.165, 1.54) is 36.2 Å². The van der Waals surface area contributed by atoms with Crippen LogP contribution in [0, 0.1) is 0 Å². The lowest BCUT2D eigenvalue weighted by molar-refractivity contribution is -0.936. The van der Waals surface area contributed by atoms with E-state index in [9.17, 15) is 0 Å². The Balaban J connectivity index is 0.000000555. The maximum absolute atomic E-state index is 8.77. The van der Waals surface area contributed by atoms with Crippen molar-refractivity contribution in [2.75, 3.05) is 19.6 Å². The Kier molecular flexibility index (Phi) is 8.14. The third-order valence-electron chi connectivity index (χ3n) is 3.37. The van der Waals surface area contributed by atoms with E-state index in [0.717, 1.165) is 0 Å². The second-order valence-corrected chi connectivity index (χ2v) is 5.41. The van der Waals surface area contributed by atoms with Gasteiger partial charge in [-0.25, -0.2) is 0 Å². The molecule has 0 saturated heterocycles. The molecule has 0 spiro atoms. The van der Waals surface area contributed by atoms with Gasteiger partial charge in [0.05, 0.1) is 19.6 Å². The Morgan fingerprint density at radius 2 is 1.42 bits per heavy atom. The van der Waals surface area contributed by atoms with Gasteiger partial charge in [0.15, 0.2) is 0 Å². The monoisotopic (exact) mass is 289 g/mol. The molecular weight excluding hydrogens is 265 g/mol. The highest BCUT2D eigenvalue weighted by Gasteiger charge is 2.20. The minimum absolute atomic E-state index is 1.17. The first kappa shape index (κ1) is 18.3. The highest BCUT2D eigenvalue weighted by atomic mass is 31.2. The lowest BCUT2D eigenvalue weighted by Crippen LogP contribution is -2.46. The van der Waals surface area contributed by atoms with Crippen LogP contribution < -0.4 is 4.89 Å². The Morgan fingerprint density at radius 3 is 1.74 bits per heavy atom. The van der Waals surface area contributed by atoms with Crippen LogP contribution in [0.5, 0.6) is 0 Å². The number of hydrogen-bond donors (Lipinski definition) is 2. The first-order valence-electron chi connectivity index (χ1n) is 6.42. The van der Waals surface area contributed by atoms with E-state index in [0.29, 0.717) is 0 Å². The summed E-state index contributed by atoms with van der Waals surface area (Å²) in [5, 5.41) is 0. The predicted octanol–water partition coefficient (Wildman–Crippen LogP) is 1.50. The summed E-state index contributed by atoms with van der Waals surface area (Å²) in [6, 6.07) is 10.8. The van der Waals surface area contributed by atoms with Gasteiger partial charge < -0.3 is 19.2 Å². The Labute approximate surface area is 115 Å². The van der Waals surface area contributed by atoms with Crippen molar-refractivity contribution in [3.63, 3.8) is 0 Å². The number of benzene rings is 1. The van der Waals surface area contributed by atoms with Crippen LogP contribution in [0.3, 0.4) is 0 Å². The van der Waals surface area contributed by atoms with E-state index in [4.69, 9.17) is 19.2 Å². The summed E-state index contributed by atoms with van der Waals surface area (Å²) >= 11 is 0. The second kappa shape index (κ2) is 8.46. The van der Waals surface area contributed by atoms with Crippen molar-refractivity contribution in [1.82, 2.24) is 0 Å². The van der Waals surface area contributed by atoms with E-state index >= 15 is 0 Å². The molecule has 1 aromatic carbocycles. The molecule has 1 aromatic rings. The topological polar surface area (TPSA) is 80.6 Å². The van der Waals surface area contributed by atoms with Crippen molar-refractivity contribution >= 4 is 7.82 Å².